The molecule has 0 aromatic heterocycles. The second-order valence-corrected chi connectivity index (χ2v) is 10.1. The van der Waals surface area contributed by atoms with Crippen LogP contribution in [0.2, 0.25) is 10.0 Å². The van der Waals surface area contributed by atoms with Crippen molar-refractivity contribution in [2.75, 3.05) is 26.2 Å². The van der Waals surface area contributed by atoms with E-state index in [9.17, 15) is 14.4 Å². The van der Waals surface area contributed by atoms with Crippen molar-refractivity contribution in [3.63, 3.8) is 0 Å². The Morgan fingerprint density at radius 3 is 2.51 bits per heavy atom. The topological polar surface area (TPSA) is 109 Å². The van der Waals surface area contributed by atoms with E-state index < -0.39 is 23.8 Å². The summed E-state index contributed by atoms with van der Waals surface area (Å²) in [6.45, 7) is 10.3. The zero-order valence-corrected chi connectivity index (χ0v) is 21.9. The van der Waals surface area contributed by atoms with Gasteiger partial charge >= 0.3 is 12.2 Å². The van der Waals surface area contributed by atoms with Crippen molar-refractivity contribution in [2.45, 2.75) is 57.8 Å². The lowest BCUT2D eigenvalue weighted by Gasteiger charge is -2.25. The van der Waals surface area contributed by atoms with Crippen molar-refractivity contribution in [3.05, 3.63) is 46.5 Å². The molecule has 3 amide bonds. The lowest BCUT2D eigenvalue weighted by atomic mass is 10.1. The lowest BCUT2D eigenvalue weighted by Crippen LogP contribution is -2.50. The first-order chi connectivity index (χ1) is 16.5. The predicted molar refractivity (Wildman–Crippen MR) is 136 cm³/mol. The smallest absolute Gasteiger partial charge is 0.407 e. The van der Waals surface area contributed by atoms with Gasteiger partial charge in [0, 0.05) is 42.3 Å². The van der Waals surface area contributed by atoms with E-state index in [0.29, 0.717) is 36.0 Å². The van der Waals surface area contributed by atoms with Gasteiger partial charge in [-0.2, -0.15) is 0 Å². The summed E-state index contributed by atoms with van der Waals surface area (Å²) in [5.74, 6) is -0.121. The van der Waals surface area contributed by atoms with Crippen LogP contribution >= 0.6 is 23.2 Å². The number of nitrogens with one attached hydrogen (secondary N) is 3. The van der Waals surface area contributed by atoms with Crippen molar-refractivity contribution in [1.29, 1.82) is 0 Å². The summed E-state index contributed by atoms with van der Waals surface area (Å²) < 4.78 is 10.2. The quantitative estimate of drug-likeness (QED) is 0.419. The maximum atomic E-state index is 13.4. The number of benzene rings is 1. The summed E-state index contributed by atoms with van der Waals surface area (Å²) >= 11 is 12.3. The molecule has 1 aromatic carbocycles. The molecular weight excluding hydrogens is 495 g/mol. The molecule has 0 bridgehead atoms. The molecule has 1 aliphatic rings. The summed E-state index contributed by atoms with van der Waals surface area (Å²) in [6, 6.07) is 4.41. The van der Waals surface area contributed by atoms with Gasteiger partial charge in [-0.05, 0) is 57.4 Å². The summed E-state index contributed by atoms with van der Waals surface area (Å²) in [6.07, 6.45) is 1.30. The van der Waals surface area contributed by atoms with E-state index in [1.807, 2.05) is 0 Å². The van der Waals surface area contributed by atoms with Crippen LogP contribution in [0.4, 0.5) is 9.59 Å². The molecule has 11 heteroatoms. The highest BCUT2D eigenvalue weighted by Crippen LogP contribution is 2.21. The number of amides is 3. The van der Waals surface area contributed by atoms with E-state index in [0.717, 1.165) is 5.56 Å². The Hall–Kier alpha value is -2.49. The highest BCUT2D eigenvalue weighted by Gasteiger charge is 2.31. The van der Waals surface area contributed by atoms with Crippen LogP contribution in [-0.4, -0.2) is 66.9 Å². The minimum absolute atomic E-state index is 0.108. The fourth-order valence-corrected chi connectivity index (χ4v) is 4.12. The van der Waals surface area contributed by atoms with Gasteiger partial charge in [-0.25, -0.2) is 9.59 Å². The van der Waals surface area contributed by atoms with E-state index in [-0.39, 0.29) is 31.6 Å². The Labute approximate surface area is 216 Å². The fraction of sp³-hybridized carbons (Fsp3) is 0.542. The number of rotatable bonds is 9. The van der Waals surface area contributed by atoms with Crippen LogP contribution in [0.1, 0.15) is 39.2 Å². The summed E-state index contributed by atoms with van der Waals surface area (Å²) in [5.41, 5.74) is 0.193. The molecule has 0 aliphatic carbocycles. The Kier molecular flexibility index (Phi) is 11.1. The number of carbonyl (C=O) groups is 3. The third-order valence-electron chi connectivity index (χ3n) is 5.02. The predicted octanol–water partition coefficient (Wildman–Crippen LogP) is 3.88. The van der Waals surface area contributed by atoms with E-state index in [2.05, 4.69) is 22.5 Å². The number of hydrogen-bond acceptors (Lipinski definition) is 6. The molecule has 1 unspecified atom stereocenters. The number of ether oxygens (including phenoxy) is 2. The van der Waals surface area contributed by atoms with E-state index >= 15 is 0 Å². The van der Waals surface area contributed by atoms with Crippen molar-refractivity contribution in [3.8, 4) is 0 Å². The normalized spacial score (nSPS) is 18.4. The number of nitrogens with zero attached hydrogens (tertiary/aromatic N) is 1. The van der Waals surface area contributed by atoms with Crippen LogP contribution in [-0.2, 0) is 20.8 Å². The van der Waals surface area contributed by atoms with E-state index in [1.165, 1.54) is 6.08 Å². The first kappa shape index (κ1) is 28.7. The molecule has 1 fully saturated rings. The molecule has 0 spiro atoms. The maximum Gasteiger partial charge on any atom is 0.407 e. The highest BCUT2D eigenvalue weighted by atomic mass is 35.5. The Balaban J connectivity index is 2.07. The average Bonchev–Trinajstić information content (AvgIpc) is 2.88. The third kappa shape index (κ3) is 10.8. The summed E-state index contributed by atoms with van der Waals surface area (Å²) in [5, 5.41) is 9.69. The van der Waals surface area contributed by atoms with Crippen molar-refractivity contribution >= 4 is 41.3 Å². The van der Waals surface area contributed by atoms with Gasteiger partial charge in [-0.15, -0.1) is 0 Å². The van der Waals surface area contributed by atoms with Crippen LogP contribution < -0.4 is 16.0 Å². The van der Waals surface area contributed by atoms with Gasteiger partial charge in [0.2, 0.25) is 5.91 Å². The Morgan fingerprint density at radius 2 is 1.89 bits per heavy atom. The molecule has 35 heavy (non-hydrogen) atoms. The number of hydrogen-bond donors (Lipinski definition) is 3. The van der Waals surface area contributed by atoms with Gasteiger partial charge < -0.3 is 30.3 Å². The van der Waals surface area contributed by atoms with Gasteiger partial charge in [0.15, 0.2) is 0 Å². The zero-order chi connectivity index (χ0) is 26.0. The first-order valence-corrected chi connectivity index (χ1v) is 12.2. The number of halogens is 2. The van der Waals surface area contributed by atoms with E-state index in [4.69, 9.17) is 32.7 Å². The SMILES string of the molecule is C=CCOC(=O)NCC1CCN(Cc2cc(Cl)cc(Cl)c2)C(=O)[C@H](CCNC(=O)OC(C)(C)C)N1. The van der Waals surface area contributed by atoms with Crippen LogP contribution in [0.3, 0.4) is 0 Å². The third-order valence-corrected chi connectivity index (χ3v) is 5.45. The van der Waals surface area contributed by atoms with Gasteiger partial charge in [0.25, 0.3) is 0 Å². The van der Waals surface area contributed by atoms with Crippen LogP contribution in [0.5, 0.6) is 0 Å². The first-order valence-electron chi connectivity index (χ1n) is 11.4. The number of alkyl carbamates (subject to hydrolysis) is 2. The van der Waals surface area contributed by atoms with Crippen molar-refractivity contribution in [2.24, 2.45) is 0 Å². The molecular formula is C24H34Cl2N4O5. The molecule has 9 nitrogen and oxygen atoms in total. The minimum Gasteiger partial charge on any atom is -0.445 e. The van der Waals surface area contributed by atoms with Crippen molar-refractivity contribution < 1.29 is 23.9 Å². The summed E-state index contributed by atoms with van der Waals surface area (Å²) in [4.78, 5) is 38.9. The largest absolute Gasteiger partial charge is 0.445 e. The van der Waals surface area contributed by atoms with Gasteiger partial charge in [-0.3, -0.25) is 4.79 Å². The maximum absolute atomic E-state index is 13.4. The molecule has 1 aromatic rings. The molecule has 2 atom stereocenters. The van der Waals surface area contributed by atoms with Crippen LogP contribution in [0.15, 0.2) is 30.9 Å². The van der Waals surface area contributed by atoms with Crippen LogP contribution in [0, 0.1) is 0 Å². The lowest BCUT2D eigenvalue weighted by molar-refractivity contribution is -0.133. The molecule has 0 saturated carbocycles. The average molecular weight is 529 g/mol. The summed E-state index contributed by atoms with van der Waals surface area (Å²) in [7, 11) is 0. The second kappa shape index (κ2) is 13.6. The Morgan fingerprint density at radius 1 is 1.20 bits per heavy atom. The fourth-order valence-electron chi connectivity index (χ4n) is 3.55. The zero-order valence-electron chi connectivity index (χ0n) is 20.4. The van der Waals surface area contributed by atoms with E-state index in [1.54, 1.807) is 43.9 Å². The van der Waals surface area contributed by atoms with Crippen molar-refractivity contribution in [1.82, 2.24) is 20.9 Å². The van der Waals surface area contributed by atoms with Gasteiger partial charge in [-0.1, -0.05) is 35.9 Å². The van der Waals surface area contributed by atoms with Gasteiger partial charge in [0.05, 0.1) is 6.04 Å². The molecule has 0 radical (unpaired) electrons. The van der Waals surface area contributed by atoms with Crippen LogP contribution in [0.25, 0.3) is 0 Å². The molecule has 1 aliphatic heterocycles. The molecule has 2 rings (SSSR count). The Bertz CT molecular complexity index is 886. The number of carbonyl (C=O) groups excluding carboxylic acids is 3. The monoisotopic (exact) mass is 528 g/mol. The molecule has 194 valence electrons. The standard InChI is InChI=1S/C24H34Cl2N4O5/c1-5-10-34-22(32)28-14-19-7-9-30(15-16-11-17(25)13-18(26)12-16)21(31)20(29-19)6-8-27-23(33)35-24(2,3)4/h5,11-13,19-20,29H,1,6-10,14-15H2,2-4H3,(H,27,33)(H,28,32)/t19?,20-/m0/s1. The molecule has 3 N–H and O–H groups in total. The second-order valence-electron chi connectivity index (χ2n) is 9.23. The minimum atomic E-state index is -0.619. The van der Waals surface area contributed by atoms with Gasteiger partial charge in [0.1, 0.15) is 12.2 Å². The highest BCUT2D eigenvalue weighted by molar-refractivity contribution is 6.34. The molecule has 1 saturated heterocycles. The molecule has 1 heterocycles.